The first-order chi connectivity index (χ1) is 9.88. The lowest BCUT2D eigenvalue weighted by Crippen LogP contribution is -2.26. The Morgan fingerprint density at radius 1 is 1.14 bits per heavy atom. The van der Waals surface area contributed by atoms with Crippen molar-refractivity contribution in [3.05, 3.63) is 70.8 Å². The van der Waals surface area contributed by atoms with Gasteiger partial charge < -0.3 is 5.32 Å². The molecule has 1 rings (SSSR count). The van der Waals surface area contributed by atoms with Crippen molar-refractivity contribution < 1.29 is 4.79 Å². The lowest BCUT2D eigenvalue weighted by atomic mass is 10.1. The van der Waals surface area contributed by atoms with Crippen LogP contribution in [0.3, 0.4) is 0 Å². The van der Waals surface area contributed by atoms with Crippen LogP contribution in [0.2, 0.25) is 0 Å². The van der Waals surface area contributed by atoms with Gasteiger partial charge in [0.15, 0.2) is 0 Å². The van der Waals surface area contributed by atoms with Crippen LogP contribution >= 0.6 is 0 Å². The van der Waals surface area contributed by atoms with E-state index in [4.69, 9.17) is 0 Å². The van der Waals surface area contributed by atoms with Gasteiger partial charge in [-0.3, -0.25) is 4.79 Å². The molecule has 1 aromatic carbocycles. The maximum absolute atomic E-state index is 12.0. The molecule has 1 N–H and O–H groups in total. The fraction of sp³-hybridized carbons (Fsp3) is 0.316. The molecule has 0 radical (unpaired) electrons. The molecular formula is C19H25NO. The minimum Gasteiger partial charge on any atom is -0.352 e. The standard InChI is InChI=1S/C19H25NO/c1-14(2)12-16(4)13-17(5)19(21)20-11-10-18-8-6-15(3)7-9-18/h6-9,12-13H,1,10-11H2,2-5H3,(H,20,21)/b16-12-,17-13+. The van der Waals surface area contributed by atoms with E-state index in [1.807, 2.05) is 32.9 Å². The summed E-state index contributed by atoms with van der Waals surface area (Å²) in [5, 5.41) is 2.95. The summed E-state index contributed by atoms with van der Waals surface area (Å²) in [6.45, 7) is 12.3. The number of amides is 1. The Balaban J connectivity index is 2.48. The molecule has 0 aliphatic rings. The molecule has 0 saturated carbocycles. The Bertz CT molecular complexity index is 562. The van der Waals surface area contributed by atoms with Crippen molar-refractivity contribution in [1.29, 1.82) is 0 Å². The zero-order chi connectivity index (χ0) is 15.8. The average molecular weight is 283 g/mol. The number of hydrogen-bond acceptors (Lipinski definition) is 1. The molecule has 0 heterocycles. The summed E-state index contributed by atoms with van der Waals surface area (Å²) in [6, 6.07) is 8.38. The third-order valence-corrected chi connectivity index (χ3v) is 3.10. The first kappa shape index (κ1) is 17.0. The van der Waals surface area contributed by atoms with Gasteiger partial charge in [0.2, 0.25) is 5.91 Å². The minimum atomic E-state index is -0.0171. The van der Waals surface area contributed by atoms with Crippen molar-refractivity contribution in [3.8, 4) is 0 Å². The van der Waals surface area contributed by atoms with Crippen LogP contribution in [0, 0.1) is 6.92 Å². The summed E-state index contributed by atoms with van der Waals surface area (Å²) in [6.07, 6.45) is 4.69. The van der Waals surface area contributed by atoms with Crippen LogP contribution in [-0.4, -0.2) is 12.5 Å². The molecule has 0 aliphatic carbocycles. The molecule has 0 unspecified atom stereocenters. The zero-order valence-electron chi connectivity index (χ0n) is 13.5. The second kappa shape index (κ2) is 8.25. The summed E-state index contributed by atoms with van der Waals surface area (Å²) in [5.41, 5.74) is 5.22. The summed E-state index contributed by atoms with van der Waals surface area (Å²) in [7, 11) is 0. The van der Waals surface area contributed by atoms with Crippen molar-refractivity contribution in [3.63, 3.8) is 0 Å². The minimum absolute atomic E-state index is 0.0171. The third kappa shape index (κ3) is 6.75. The topological polar surface area (TPSA) is 29.1 Å². The molecule has 2 heteroatoms. The zero-order valence-corrected chi connectivity index (χ0v) is 13.5. The molecule has 0 spiro atoms. The van der Waals surface area contributed by atoms with Gasteiger partial charge in [-0.05, 0) is 39.7 Å². The molecule has 1 amide bonds. The predicted molar refractivity (Wildman–Crippen MR) is 90.2 cm³/mol. The molecule has 2 nitrogen and oxygen atoms in total. The van der Waals surface area contributed by atoms with E-state index >= 15 is 0 Å². The first-order valence-electron chi connectivity index (χ1n) is 7.24. The average Bonchev–Trinajstić information content (AvgIpc) is 2.39. The maximum Gasteiger partial charge on any atom is 0.246 e. The Labute approximate surface area is 128 Å². The SMILES string of the molecule is C=C(C)/C=C(C)\C=C(/C)C(=O)NCCc1ccc(C)cc1. The van der Waals surface area contributed by atoms with Gasteiger partial charge in [0.25, 0.3) is 0 Å². The van der Waals surface area contributed by atoms with Crippen LogP contribution in [0.15, 0.2) is 59.7 Å². The normalized spacial score (nSPS) is 12.2. The van der Waals surface area contributed by atoms with Gasteiger partial charge >= 0.3 is 0 Å². The van der Waals surface area contributed by atoms with Crippen molar-refractivity contribution in [2.75, 3.05) is 6.54 Å². The molecule has 0 atom stereocenters. The summed E-state index contributed by atoms with van der Waals surface area (Å²) < 4.78 is 0. The first-order valence-corrected chi connectivity index (χ1v) is 7.24. The van der Waals surface area contributed by atoms with E-state index in [1.54, 1.807) is 0 Å². The third-order valence-electron chi connectivity index (χ3n) is 3.10. The summed E-state index contributed by atoms with van der Waals surface area (Å²) in [4.78, 5) is 12.0. The smallest absolute Gasteiger partial charge is 0.246 e. The maximum atomic E-state index is 12.0. The number of carbonyl (C=O) groups excluding carboxylic acids is 1. The molecule has 0 fully saturated rings. The molecule has 0 saturated heterocycles. The molecule has 112 valence electrons. The van der Waals surface area contributed by atoms with Gasteiger partial charge in [0.05, 0.1) is 0 Å². The highest BCUT2D eigenvalue weighted by atomic mass is 16.1. The lowest BCUT2D eigenvalue weighted by Gasteiger charge is -2.06. The second-order valence-corrected chi connectivity index (χ2v) is 5.55. The number of aryl methyl sites for hydroxylation is 1. The molecule has 1 aromatic rings. The lowest BCUT2D eigenvalue weighted by molar-refractivity contribution is -0.117. The Morgan fingerprint density at radius 2 is 1.76 bits per heavy atom. The van der Waals surface area contributed by atoms with E-state index in [0.29, 0.717) is 12.1 Å². The fourth-order valence-corrected chi connectivity index (χ4v) is 2.05. The van der Waals surface area contributed by atoms with Crippen LogP contribution in [0.25, 0.3) is 0 Å². The monoisotopic (exact) mass is 283 g/mol. The van der Waals surface area contributed by atoms with E-state index in [9.17, 15) is 4.79 Å². The van der Waals surface area contributed by atoms with E-state index in [-0.39, 0.29) is 5.91 Å². The van der Waals surface area contributed by atoms with Gasteiger partial charge in [-0.1, -0.05) is 59.7 Å². The molecular weight excluding hydrogens is 258 g/mol. The van der Waals surface area contributed by atoms with Gasteiger partial charge in [-0.25, -0.2) is 0 Å². The quantitative estimate of drug-likeness (QED) is 0.617. The van der Waals surface area contributed by atoms with Crippen LogP contribution in [0.5, 0.6) is 0 Å². The number of allylic oxidation sites excluding steroid dienone is 4. The second-order valence-electron chi connectivity index (χ2n) is 5.55. The number of hydrogen-bond donors (Lipinski definition) is 1. The molecule has 0 bridgehead atoms. The van der Waals surface area contributed by atoms with Gasteiger partial charge in [-0.2, -0.15) is 0 Å². The van der Waals surface area contributed by atoms with Crippen molar-refractivity contribution in [2.24, 2.45) is 0 Å². The number of carbonyl (C=O) groups is 1. The van der Waals surface area contributed by atoms with Crippen LogP contribution in [-0.2, 0) is 11.2 Å². The molecule has 0 aromatic heterocycles. The van der Waals surface area contributed by atoms with E-state index in [1.165, 1.54) is 11.1 Å². The highest BCUT2D eigenvalue weighted by Gasteiger charge is 2.03. The number of benzene rings is 1. The highest BCUT2D eigenvalue weighted by Crippen LogP contribution is 2.06. The highest BCUT2D eigenvalue weighted by molar-refractivity contribution is 5.93. The fourth-order valence-electron chi connectivity index (χ4n) is 2.05. The van der Waals surface area contributed by atoms with Crippen LogP contribution in [0.1, 0.15) is 31.9 Å². The largest absolute Gasteiger partial charge is 0.352 e. The van der Waals surface area contributed by atoms with Crippen molar-refractivity contribution in [2.45, 2.75) is 34.1 Å². The van der Waals surface area contributed by atoms with Gasteiger partial charge in [0, 0.05) is 12.1 Å². The Hall–Kier alpha value is -2.09. The van der Waals surface area contributed by atoms with Crippen LogP contribution in [0.4, 0.5) is 0 Å². The van der Waals surface area contributed by atoms with Gasteiger partial charge in [0.1, 0.15) is 0 Å². The van der Waals surface area contributed by atoms with Gasteiger partial charge in [-0.15, -0.1) is 0 Å². The molecule has 0 aliphatic heterocycles. The predicted octanol–water partition coefficient (Wildman–Crippen LogP) is 4.12. The Morgan fingerprint density at radius 3 is 2.33 bits per heavy atom. The van der Waals surface area contributed by atoms with E-state index in [0.717, 1.165) is 17.6 Å². The van der Waals surface area contributed by atoms with E-state index < -0.39 is 0 Å². The summed E-state index contributed by atoms with van der Waals surface area (Å²) in [5.74, 6) is -0.0171. The number of nitrogens with one attached hydrogen (secondary N) is 1. The Kier molecular flexibility index (Phi) is 6.67. The summed E-state index contributed by atoms with van der Waals surface area (Å²) >= 11 is 0. The number of rotatable bonds is 6. The van der Waals surface area contributed by atoms with Crippen molar-refractivity contribution in [1.82, 2.24) is 5.32 Å². The molecule has 21 heavy (non-hydrogen) atoms. The van der Waals surface area contributed by atoms with E-state index in [2.05, 4.69) is 43.1 Å². The van der Waals surface area contributed by atoms with Crippen LogP contribution < -0.4 is 5.32 Å². The van der Waals surface area contributed by atoms with Crippen molar-refractivity contribution >= 4 is 5.91 Å².